The summed E-state index contributed by atoms with van der Waals surface area (Å²) in [7, 11) is 3.19. The van der Waals surface area contributed by atoms with Crippen LogP contribution in [-0.4, -0.2) is 67.0 Å². The SMILES string of the molecule is COc1ccc(CCC(=O)N2CCN(C(=O)c3ccncc3)CC2)cc1OC. The van der Waals surface area contributed by atoms with Gasteiger partial charge >= 0.3 is 0 Å². The van der Waals surface area contributed by atoms with E-state index in [-0.39, 0.29) is 11.8 Å². The van der Waals surface area contributed by atoms with Crippen molar-refractivity contribution in [2.45, 2.75) is 12.8 Å². The van der Waals surface area contributed by atoms with E-state index >= 15 is 0 Å². The van der Waals surface area contributed by atoms with E-state index < -0.39 is 0 Å². The number of ether oxygens (including phenoxy) is 2. The molecule has 28 heavy (non-hydrogen) atoms. The third-order valence-corrected chi connectivity index (χ3v) is 4.92. The van der Waals surface area contributed by atoms with Gasteiger partial charge in [-0.15, -0.1) is 0 Å². The number of hydrogen-bond acceptors (Lipinski definition) is 5. The van der Waals surface area contributed by atoms with Crippen molar-refractivity contribution in [1.29, 1.82) is 0 Å². The summed E-state index contributed by atoms with van der Waals surface area (Å²) in [5.74, 6) is 1.42. The molecule has 2 aromatic rings. The second-order valence-corrected chi connectivity index (χ2v) is 6.60. The van der Waals surface area contributed by atoms with E-state index in [1.54, 1.807) is 43.6 Å². The molecule has 0 N–H and O–H groups in total. The van der Waals surface area contributed by atoms with Gasteiger partial charge in [0.05, 0.1) is 14.2 Å². The minimum absolute atomic E-state index is 0.0140. The fraction of sp³-hybridized carbons (Fsp3) is 0.381. The molecule has 1 aliphatic heterocycles. The number of amides is 2. The molecule has 0 saturated carbocycles. The predicted molar refractivity (Wildman–Crippen MR) is 105 cm³/mol. The second-order valence-electron chi connectivity index (χ2n) is 6.60. The van der Waals surface area contributed by atoms with Gasteiger partial charge in [-0.2, -0.15) is 0 Å². The Kier molecular flexibility index (Phi) is 6.47. The average molecular weight is 383 g/mol. The summed E-state index contributed by atoms with van der Waals surface area (Å²) < 4.78 is 10.5. The third-order valence-electron chi connectivity index (χ3n) is 4.92. The summed E-state index contributed by atoms with van der Waals surface area (Å²) in [5.41, 5.74) is 1.65. The van der Waals surface area contributed by atoms with E-state index in [0.717, 1.165) is 5.56 Å². The summed E-state index contributed by atoms with van der Waals surface area (Å²) in [5, 5.41) is 0. The van der Waals surface area contributed by atoms with Crippen molar-refractivity contribution in [3.63, 3.8) is 0 Å². The molecule has 1 aliphatic rings. The lowest BCUT2D eigenvalue weighted by Crippen LogP contribution is -2.50. The van der Waals surface area contributed by atoms with Crippen LogP contribution in [0.5, 0.6) is 11.5 Å². The molecule has 1 fully saturated rings. The molecule has 2 heterocycles. The minimum Gasteiger partial charge on any atom is -0.493 e. The molecule has 0 unspecified atom stereocenters. The lowest BCUT2D eigenvalue weighted by molar-refractivity contribution is -0.132. The highest BCUT2D eigenvalue weighted by atomic mass is 16.5. The first kappa shape index (κ1) is 19.7. The Bertz CT molecular complexity index is 818. The molecule has 2 amide bonds. The maximum absolute atomic E-state index is 12.6. The van der Waals surface area contributed by atoms with Crippen molar-refractivity contribution in [2.24, 2.45) is 0 Å². The van der Waals surface area contributed by atoms with Gasteiger partial charge in [-0.3, -0.25) is 14.6 Å². The van der Waals surface area contributed by atoms with E-state index in [0.29, 0.717) is 56.1 Å². The minimum atomic E-state index is -0.0140. The van der Waals surface area contributed by atoms with Crippen LogP contribution in [0.15, 0.2) is 42.7 Å². The number of rotatable bonds is 6. The molecule has 0 spiro atoms. The number of nitrogens with zero attached hydrogens (tertiary/aromatic N) is 3. The maximum Gasteiger partial charge on any atom is 0.254 e. The molecule has 1 aromatic carbocycles. The van der Waals surface area contributed by atoms with Gasteiger partial charge in [0.25, 0.3) is 5.91 Å². The van der Waals surface area contributed by atoms with Crippen LogP contribution in [-0.2, 0) is 11.2 Å². The first-order valence-corrected chi connectivity index (χ1v) is 9.30. The van der Waals surface area contributed by atoms with Crippen LogP contribution in [0.1, 0.15) is 22.3 Å². The summed E-state index contributed by atoms with van der Waals surface area (Å²) in [6.45, 7) is 2.20. The molecule has 148 valence electrons. The van der Waals surface area contributed by atoms with Crippen LogP contribution in [0, 0.1) is 0 Å². The first-order chi connectivity index (χ1) is 13.6. The van der Waals surface area contributed by atoms with E-state index in [1.807, 2.05) is 23.1 Å². The maximum atomic E-state index is 12.6. The smallest absolute Gasteiger partial charge is 0.254 e. The number of aromatic nitrogens is 1. The number of carbonyl (C=O) groups is 2. The lowest BCUT2D eigenvalue weighted by Gasteiger charge is -2.35. The summed E-state index contributed by atoms with van der Waals surface area (Å²) >= 11 is 0. The number of methoxy groups -OCH3 is 2. The zero-order valence-corrected chi connectivity index (χ0v) is 16.3. The molecule has 7 heteroatoms. The predicted octanol–water partition coefficient (Wildman–Crippen LogP) is 2.02. The van der Waals surface area contributed by atoms with Crippen molar-refractivity contribution >= 4 is 11.8 Å². The van der Waals surface area contributed by atoms with Crippen LogP contribution in [0.3, 0.4) is 0 Å². The number of benzene rings is 1. The molecule has 1 aromatic heterocycles. The number of carbonyl (C=O) groups excluding carboxylic acids is 2. The topological polar surface area (TPSA) is 72.0 Å². The molecule has 3 rings (SSSR count). The largest absolute Gasteiger partial charge is 0.493 e. The van der Waals surface area contributed by atoms with Gasteiger partial charge in [-0.05, 0) is 36.2 Å². The molecular weight excluding hydrogens is 358 g/mol. The van der Waals surface area contributed by atoms with Gasteiger partial charge in [0.1, 0.15) is 0 Å². The number of pyridine rings is 1. The summed E-state index contributed by atoms with van der Waals surface area (Å²) in [6.07, 6.45) is 4.28. The van der Waals surface area contributed by atoms with Crippen LogP contribution in [0.25, 0.3) is 0 Å². The van der Waals surface area contributed by atoms with Gasteiger partial charge in [0.2, 0.25) is 5.91 Å². The standard InChI is InChI=1S/C21H25N3O4/c1-27-18-5-3-16(15-19(18)28-2)4-6-20(25)23-11-13-24(14-12-23)21(26)17-7-9-22-10-8-17/h3,5,7-10,15H,4,6,11-14H2,1-2H3. The van der Waals surface area contributed by atoms with E-state index in [4.69, 9.17) is 9.47 Å². The van der Waals surface area contributed by atoms with Crippen LogP contribution >= 0.6 is 0 Å². The Hall–Kier alpha value is -3.09. The fourth-order valence-corrected chi connectivity index (χ4v) is 3.28. The molecule has 0 atom stereocenters. The molecule has 0 aliphatic carbocycles. The normalized spacial score (nSPS) is 13.9. The van der Waals surface area contributed by atoms with Gasteiger partial charge in [0, 0.05) is 50.6 Å². The molecule has 7 nitrogen and oxygen atoms in total. The Morgan fingerprint density at radius 3 is 2.21 bits per heavy atom. The summed E-state index contributed by atoms with van der Waals surface area (Å²) in [6, 6.07) is 9.12. The van der Waals surface area contributed by atoms with Crippen molar-refractivity contribution < 1.29 is 19.1 Å². The summed E-state index contributed by atoms with van der Waals surface area (Å²) in [4.78, 5) is 32.6. The average Bonchev–Trinajstić information content (AvgIpc) is 2.77. The van der Waals surface area contributed by atoms with Crippen LogP contribution < -0.4 is 9.47 Å². The zero-order valence-electron chi connectivity index (χ0n) is 16.3. The molecule has 0 bridgehead atoms. The van der Waals surface area contributed by atoms with Crippen molar-refractivity contribution in [1.82, 2.24) is 14.8 Å². The highest BCUT2D eigenvalue weighted by Gasteiger charge is 2.24. The second kappa shape index (κ2) is 9.21. The molecular formula is C21H25N3O4. The number of aryl methyl sites for hydroxylation is 1. The lowest BCUT2D eigenvalue weighted by atomic mass is 10.1. The van der Waals surface area contributed by atoms with Gasteiger partial charge < -0.3 is 19.3 Å². The molecule has 0 radical (unpaired) electrons. The van der Waals surface area contributed by atoms with Crippen molar-refractivity contribution in [2.75, 3.05) is 40.4 Å². The van der Waals surface area contributed by atoms with E-state index in [2.05, 4.69) is 4.98 Å². The fourth-order valence-electron chi connectivity index (χ4n) is 3.28. The van der Waals surface area contributed by atoms with E-state index in [1.165, 1.54) is 0 Å². The Morgan fingerprint density at radius 1 is 0.929 bits per heavy atom. The Morgan fingerprint density at radius 2 is 1.57 bits per heavy atom. The molecule has 1 saturated heterocycles. The first-order valence-electron chi connectivity index (χ1n) is 9.30. The monoisotopic (exact) mass is 383 g/mol. The van der Waals surface area contributed by atoms with Crippen LogP contribution in [0.4, 0.5) is 0 Å². The Balaban J connectivity index is 1.50. The van der Waals surface area contributed by atoms with Gasteiger partial charge in [-0.25, -0.2) is 0 Å². The zero-order chi connectivity index (χ0) is 19.9. The Labute approximate surface area is 164 Å². The van der Waals surface area contributed by atoms with Crippen molar-refractivity contribution in [3.8, 4) is 11.5 Å². The van der Waals surface area contributed by atoms with Gasteiger partial charge in [0.15, 0.2) is 11.5 Å². The van der Waals surface area contributed by atoms with Gasteiger partial charge in [-0.1, -0.05) is 6.07 Å². The number of piperazine rings is 1. The van der Waals surface area contributed by atoms with Crippen molar-refractivity contribution in [3.05, 3.63) is 53.9 Å². The highest BCUT2D eigenvalue weighted by Crippen LogP contribution is 2.28. The quantitative estimate of drug-likeness (QED) is 0.763. The van der Waals surface area contributed by atoms with Crippen LogP contribution in [0.2, 0.25) is 0 Å². The highest BCUT2D eigenvalue weighted by molar-refractivity contribution is 5.94. The third kappa shape index (κ3) is 4.60. The number of hydrogen-bond donors (Lipinski definition) is 0. The van der Waals surface area contributed by atoms with E-state index in [9.17, 15) is 9.59 Å².